The molecule has 0 bridgehead atoms. The van der Waals surface area contributed by atoms with Gasteiger partial charge >= 0.3 is 0 Å². The lowest BCUT2D eigenvalue weighted by atomic mass is 9.77. The molecule has 0 aromatic rings. The zero-order chi connectivity index (χ0) is 7.61. The van der Waals surface area contributed by atoms with Gasteiger partial charge in [0.2, 0.25) is 0 Å². The van der Waals surface area contributed by atoms with E-state index in [0.717, 1.165) is 19.3 Å². The van der Waals surface area contributed by atoms with Crippen molar-refractivity contribution in [2.75, 3.05) is 7.11 Å². The van der Waals surface area contributed by atoms with Crippen LogP contribution in [-0.4, -0.2) is 18.6 Å². The Morgan fingerprint density at radius 3 is 2.60 bits per heavy atom. The number of carbonyl (C=O) groups excluding carboxylic acids is 1. The zero-order valence-corrected chi connectivity index (χ0v) is 6.02. The Balaban J connectivity index is 2.39. The minimum Gasteiger partial charge on any atom is -0.317 e. The molecule has 1 fully saturated rings. The molecule has 1 rings (SSSR count). The molecule has 3 N–H and O–H groups in total. The summed E-state index contributed by atoms with van der Waals surface area (Å²) in [6.45, 7) is 0. The van der Waals surface area contributed by atoms with Crippen LogP contribution in [0.4, 0.5) is 0 Å². The molecular formula is C6H12N2O2. The molecule has 1 saturated carbocycles. The molecule has 1 aliphatic rings. The summed E-state index contributed by atoms with van der Waals surface area (Å²) in [7, 11) is 1.40. The van der Waals surface area contributed by atoms with Crippen LogP contribution in [0, 0.1) is 0 Å². The first kappa shape index (κ1) is 7.50. The Bertz CT molecular complexity index is 143. The predicted octanol–water partition coefficient (Wildman–Crippen LogP) is -0.455. The van der Waals surface area contributed by atoms with Crippen LogP contribution in [0.3, 0.4) is 0 Å². The standard InChI is InChI=1S/C6H12N2O2/c1-10-8-5(9)6(7)3-2-4-6/h2-4,7H2,1H3,(H,8,9). The Kier molecular flexibility index (Phi) is 1.92. The van der Waals surface area contributed by atoms with E-state index in [0.29, 0.717) is 0 Å². The van der Waals surface area contributed by atoms with Gasteiger partial charge in [-0.05, 0) is 19.3 Å². The number of rotatable bonds is 2. The Labute approximate surface area is 59.7 Å². The summed E-state index contributed by atoms with van der Waals surface area (Å²) >= 11 is 0. The van der Waals surface area contributed by atoms with Crippen LogP contribution in [0.25, 0.3) is 0 Å². The van der Waals surface area contributed by atoms with Crippen molar-refractivity contribution in [3.8, 4) is 0 Å². The Hall–Kier alpha value is -0.610. The van der Waals surface area contributed by atoms with Crippen LogP contribution >= 0.6 is 0 Å². The van der Waals surface area contributed by atoms with Crippen molar-refractivity contribution in [3.63, 3.8) is 0 Å². The first-order chi connectivity index (χ1) is 4.69. The summed E-state index contributed by atoms with van der Waals surface area (Å²) < 4.78 is 0. The number of hydrogen-bond acceptors (Lipinski definition) is 3. The summed E-state index contributed by atoms with van der Waals surface area (Å²) in [5, 5.41) is 0. The second-order valence-electron chi connectivity index (χ2n) is 2.65. The number of nitrogens with two attached hydrogens (primary N) is 1. The van der Waals surface area contributed by atoms with Gasteiger partial charge in [0, 0.05) is 0 Å². The van der Waals surface area contributed by atoms with E-state index in [1.165, 1.54) is 7.11 Å². The number of hydrogen-bond donors (Lipinski definition) is 2. The number of nitrogens with one attached hydrogen (secondary N) is 1. The lowest BCUT2D eigenvalue weighted by Crippen LogP contribution is -2.58. The van der Waals surface area contributed by atoms with E-state index in [4.69, 9.17) is 5.73 Å². The molecule has 58 valence electrons. The maximum absolute atomic E-state index is 11.0. The summed E-state index contributed by atoms with van der Waals surface area (Å²) in [4.78, 5) is 15.4. The summed E-state index contributed by atoms with van der Waals surface area (Å²) in [5.41, 5.74) is 7.22. The lowest BCUT2D eigenvalue weighted by Gasteiger charge is -2.35. The summed E-state index contributed by atoms with van der Waals surface area (Å²) in [5.74, 6) is -0.207. The van der Waals surface area contributed by atoms with Gasteiger partial charge in [-0.25, -0.2) is 5.48 Å². The molecule has 0 aromatic carbocycles. The lowest BCUT2D eigenvalue weighted by molar-refractivity contribution is -0.140. The molecule has 0 unspecified atom stereocenters. The van der Waals surface area contributed by atoms with E-state index in [2.05, 4.69) is 10.3 Å². The van der Waals surface area contributed by atoms with Crippen LogP contribution in [0.15, 0.2) is 0 Å². The second-order valence-corrected chi connectivity index (χ2v) is 2.65. The SMILES string of the molecule is CONC(=O)C1(N)CCC1. The van der Waals surface area contributed by atoms with Crippen LogP contribution in [0.5, 0.6) is 0 Å². The minimum atomic E-state index is -0.643. The third-order valence-corrected chi connectivity index (χ3v) is 1.89. The van der Waals surface area contributed by atoms with Crippen LogP contribution in [0.2, 0.25) is 0 Å². The Morgan fingerprint density at radius 1 is 1.70 bits per heavy atom. The zero-order valence-electron chi connectivity index (χ0n) is 6.02. The molecule has 1 aliphatic carbocycles. The second kappa shape index (κ2) is 2.56. The maximum Gasteiger partial charge on any atom is 0.263 e. The van der Waals surface area contributed by atoms with Gasteiger partial charge in [0.25, 0.3) is 5.91 Å². The largest absolute Gasteiger partial charge is 0.317 e. The van der Waals surface area contributed by atoms with E-state index < -0.39 is 5.54 Å². The van der Waals surface area contributed by atoms with Gasteiger partial charge in [-0.2, -0.15) is 0 Å². The molecule has 0 atom stereocenters. The molecule has 0 radical (unpaired) electrons. The van der Waals surface area contributed by atoms with Crippen molar-refractivity contribution < 1.29 is 9.63 Å². The van der Waals surface area contributed by atoms with E-state index >= 15 is 0 Å². The van der Waals surface area contributed by atoms with Crippen molar-refractivity contribution in [1.29, 1.82) is 0 Å². The summed E-state index contributed by atoms with van der Waals surface area (Å²) in [6.07, 6.45) is 2.57. The Morgan fingerprint density at radius 2 is 2.30 bits per heavy atom. The van der Waals surface area contributed by atoms with Gasteiger partial charge in [0.05, 0.1) is 12.6 Å². The van der Waals surface area contributed by atoms with Crippen LogP contribution in [-0.2, 0) is 9.63 Å². The van der Waals surface area contributed by atoms with Gasteiger partial charge in [-0.3, -0.25) is 9.63 Å². The van der Waals surface area contributed by atoms with Gasteiger partial charge in [0.15, 0.2) is 0 Å². The highest BCUT2D eigenvalue weighted by atomic mass is 16.6. The average Bonchev–Trinajstić information content (AvgIpc) is 1.83. The maximum atomic E-state index is 11.0. The highest BCUT2D eigenvalue weighted by Gasteiger charge is 2.40. The first-order valence-electron chi connectivity index (χ1n) is 3.31. The number of amides is 1. The van der Waals surface area contributed by atoms with Gasteiger partial charge in [0.1, 0.15) is 0 Å². The smallest absolute Gasteiger partial charge is 0.263 e. The predicted molar refractivity (Wildman–Crippen MR) is 35.9 cm³/mol. The number of carbonyl (C=O) groups is 1. The molecule has 0 aliphatic heterocycles. The van der Waals surface area contributed by atoms with Gasteiger partial charge < -0.3 is 5.73 Å². The van der Waals surface area contributed by atoms with Gasteiger partial charge in [-0.1, -0.05) is 0 Å². The molecule has 0 saturated heterocycles. The molecule has 10 heavy (non-hydrogen) atoms. The van der Waals surface area contributed by atoms with Crippen molar-refractivity contribution in [2.24, 2.45) is 5.73 Å². The van der Waals surface area contributed by atoms with Crippen LogP contribution < -0.4 is 11.2 Å². The van der Waals surface area contributed by atoms with E-state index in [1.807, 2.05) is 0 Å². The van der Waals surface area contributed by atoms with Crippen molar-refractivity contribution in [1.82, 2.24) is 5.48 Å². The molecule has 4 nitrogen and oxygen atoms in total. The fourth-order valence-electron chi connectivity index (χ4n) is 0.979. The fraction of sp³-hybridized carbons (Fsp3) is 0.833. The molecular weight excluding hydrogens is 132 g/mol. The van der Waals surface area contributed by atoms with Crippen molar-refractivity contribution in [3.05, 3.63) is 0 Å². The van der Waals surface area contributed by atoms with Gasteiger partial charge in [-0.15, -0.1) is 0 Å². The normalized spacial score (nSPS) is 21.4. The van der Waals surface area contributed by atoms with E-state index in [1.54, 1.807) is 0 Å². The quantitative estimate of drug-likeness (QED) is 0.516. The molecule has 0 heterocycles. The van der Waals surface area contributed by atoms with Crippen LogP contribution in [0.1, 0.15) is 19.3 Å². The van der Waals surface area contributed by atoms with Crippen molar-refractivity contribution >= 4 is 5.91 Å². The molecule has 4 heteroatoms. The highest BCUT2D eigenvalue weighted by Crippen LogP contribution is 2.28. The monoisotopic (exact) mass is 144 g/mol. The average molecular weight is 144 g/mol. The molecule has 0 spiro atoms. The topological polar surface area (TPSA) is 64.3 Å². The van der Waals surface area contributed by atoms with E-state index in [-0.39, 0.29) is 5.91 Å². The summed E-state index contributed by atoms with van der Waals surface area (Å²) in [6, 6.07) is 0. The third kappa shape index (κ3) is 1.12. The van der Waals surface area contributed by atoms with Crippen molar-refractivity contribution in [2.45, 2.75) is 24.8 Å². The van der Waals surface area contributed by atoms with E-state index in [9.17, 15) is 4.79 Å². The molecule has 1 amide bonds. The highest BCUT2D eigenvalue weighted by molar-refractivity contribution is 5.86. The minimum absolute atomic E-state index is 0.207. The third-order valence-electron chi connectivity index (χ3n) is 1.89. The number of hydroxylamine groups is 1. The fourth-order valence-corrected chi connectivity index (χ4v) is 0.979. The molecule has 0 aromatic heterocycles. The first-order valence-corrected chi connectivity index (χ1v) is 3.31.